The van der Waals surface area contributed by atoms with Gasteiger partial charge in [-0.25, -0.2) is 33.7 Å². The maximum atomic E-state index is 11.4. The van der Waals surface area contributed by atoms with E-state index < -0.39 is 62.1 Å². The van der Waals surface area contributed by atoms with Gasteiger partial charge in [-0.2, -0.15) is 52.7 Å². The van der Waals surface area contributed by atoms with Gasteiger partial charge in [0.05, 0.1) is 0 Å². The predicted octanol–water partition coefficient (Wildman–Crippen LogP) is 2.12. The molecule has 184 valence electrons. The van der Waals surface area contributed by atoms with Crippen molar-refractivity contribution in [2.24, 2.45) is 0 Å². The third-order valence-corrected chi connectivity index (χ3v) is 7.04. The Balaban J connectivity index is -0.000000490. The zero-order valence-corrected chi connectivity index (χ0v) is 19.3. The molecule has 0 saturated carbocycles. The summed E-state index contributed by atoms with van der Waals surface area (Å²) in [6, 6.07) is 0. The molecule has 0 bridgehead atoms. The zero-order valence-electron chi connectivity index (χ0n) is 13.0. The summed E-state index contributed by atoms with van der Waals surface area (Å²) in [7, 11) is -26.9. The largest absolute Gasteiger partial charge is 2.00 e. The van der Waals surface area contributed by atoms with Crippen molar-refractivity contribution in [1.82, 2.24) is 0 Å². The van der Waals surface area contributed by atoms with E-state index in [2.05, 4.69) is 0 Å². The molecule has 10 nitrogen and oxygen atoms in total. The van der Waals surface area contributed by atoms with Crippen molar-refractivity contribution in [3.63, 3.8) is 0 Å². The van der Waals surface area contributed by atoms with Gasteiger partial charge < -0.3 is 8.25 Å². The average Bonchev–Trinajstić information content (AvgIpc) is 2.30. The van der Waals surface area contributed by atoms with Gasteiger partial charge in [-0.1, -0.05) is 0 Å². The van der Waals surface area contributed by atoms with Crippen molar-refractivity contribution in [1.29, 1.82) is 0 Å². The topological polar surface area (TPSA) is 165 Å². The molecule has 0 unspecified atom stereocenters. The Morgan fingerprint density at radius 1 is 0.355 bits per heavy atom. The molecule has 0 aliphatic rings. The number of alkyl halides is 12. The standard InChI is InChI=1S/2C2F6NO4S2.Zn/c2*3-1(4,5)14(10,11)9-15(12,13)2(6,7)8;/q2*-1;+2. The number of hydrogen-bond donors (Lipinski definition) is 0. The van der Waals surface area contributed by atoms with Crippen LogP contribution in [0.15, 0.2) is 0 Å². The Morgan fingerprint density at radius 3 is 0.516 bits per heavy atom. The molecule has 0 spiro atoms. The Morgan fingerprint density at radius 2 is 0.452 bits per heavy atom. The second-order valence-corrected chi connectivity index (χ2v) is 10.7. The molecule has 0 fully saturated rings. The van der Waals surface area contributed by atoms with Gasteiger partial charge in [-0.05, 0) is 0 Å². The van der Waals surface area contributed by atoms with Crippen LogP contribution in [0.5, 0.6) is 0 Å². The molecule has 0 aliphatic heterocycles. The summed E-state index contributed by atoms with van der Waals surface area (Å²) in [5.41, 5.74) is -24.8. The second kappa shape index (κ2) is 9.78. The van der Waals surface area contributed by atoms with E-state index in [1.54, 1.807) is 0 Å². The molecule has 0 radical (unpaired) electrons. The molecule has 0 atom stereocenters. The third kappa shape index (κ3) is 9.89. The van der Waals surface area contributed by atoms with Crippen LogP contribution in [0.4, 0.5) is 52.7 Å². The smallest absolute Gasteiger partial charge is 0.421 e. The van der Waals surface area contributed by atoms with Crippen LogP contribution in [-0.2, 0) is 59.6 Å². The van der Waals surface area contributed by atoms with Gasteiger partial charge in [0.1, 0.15) is 0 Å². The van der Waals surface area contributed by atoms with Crippen LogP contribution in [0, 0.1) is 0 Å². The second-order valence-electron chi connectivity index (χ2n) is 3.83. The van der Waals surface area contributed by atoms with Gasteiger partial charge in [0.2, 0.25) is 0 Å². The molecule has 0 aromatic rings. The van der Waals surface area contributed by atoms with Gasteiger partial charge >= 0.3 is 41.5 Å². The molecule has 0 aliphatic carbocycles. The van der Waals surface area contributed by atoms with E-state index in [4.69, 9.17) is 0 Å². The first-order valence-corrected chi connectivity index (χ1v) is 10.9. The fourth-order valence-corrected chi connectivity index (χ4v) is 3.85. The third-order valence-electron chi connectivity index (χ3n) is 1.56. The Bertz CT molecular complexity index is 862. The summed E-state index contributed by atoms with van der Waals surface area (Å²) in [6.45, 7) is 0. The molecule has 0 rings (SSSR count). The van der Waals surface area contributed by atoms with Crippen molar-refractivity contribution in [3.8, 4) is 0 Å². The number of nitrogens with zero attached hydrogens (tertiary/aromatic N) is 2. The molecule has 0 heterocycles. The van der Waals surface area contributed by atoms with Crippen LogP contribution >= 0.6 is 0 Å². The van der Waals surface area contributed by atoms with E-state index in [0.717, 1.165) is 8.25 Å². The van der Waals surface area contributed by atoms with E-state index in [0.29, 0.717) is 0 Å². The van der Waals surface area contributed by atoms with E-state index in [9.17, 15) is 86.4 Å². The monoisotopic (exact) mass is 624 g/mol. The summed E-state index contributed by atoms with van der Waals surface area (Å²) in [6.07, 6.45) is 0. The van der Waals surface area contributed by atoms with Crippen molar-refractivity contribution in [3.05, 3.63) is 8.25 Å². The molecule has 0 N–H and O–H groups in total. The van der Waals surface area contributed by atoms with Crippen LogP contribution in [0.1, 0.15) is 0 Å². The maximum absolute atomic E-state index is 11.4. The molecule has 31 heavy (non-hydrogen) atoms. The van der Waals surface area contributed by atoms with Crippen LogP contribution < -0.4 is 0 Å². The molecule has 0 amide bonds. The SMILES string of the molecule is O=S(=O)([N-]S(=O)(=O)C(F)(F)F)C(F)(F)F.O=S(=O)([N-]S(=O)(=O)C(F)(F)F)C(F)(F)F.[Zn+2]. The molecule has 27 heteroatoms. The van der Waals surface area contributed by atoms with E-state index in [1.165, 1.54) is 0 Å². The van der Waals surface area contributed by atoms with Crippen molar-refractivity contribution < 1.29 is 106 Å². The quantitative estimate of drug-likeness (QED) is 0.339. The summed E-state index contributed by atoms with van der Waals surface area (Å²) < 4.78 is 218. The zero-order chi connectivity index (χ0) is 25.4. The minimum atomic E-state index is -6.72. The fraction of sp³-hybridized carbons (Fsp3) is 1.00. The van der Waals surface area contributed by atoms with E-state index >= 15 is 0 Å². The first-order valence-electron chi connectivity index (χ1n) is 5.15. The fourth-order valence-electron chi connectivity index (χ4n) is 0.427. The first kappa shape index (κ1) is 35.1. The van der Waals surface area contributed by atoms with Crippen LogP contribution in [0.25, 0.3) is 8.25 Å². The minimum Gasteiger partial charge on any atom is -0.421 e. The summed E-state index contributed by atoms with van der Waals surface area (Å²) in [4.78, 5) is 0. The summed E-state index contributed by atoms with van der Waals surface area (Å²) in [5, 5.41) is 0. The Kier molecular flexibility index (Phi) is 11.1. The molecule has 0 aromatic carbocycles. The molecular weight excluding hydrogens is 626 g/mol. The molecule has 0 saturated heterocycles. The van der Waals surface area contributed by atoms with Gasteiger partial charge in [0.25, 0.3) is 0 Å². The minimum absolute atomic E-state index is 0. The predicted molar refractivity (Wildman–Crippen MR) is 66.6 cm³/mol. The number of hydrogen-bond acceptors (Lipinski definition) is 8. The maximum Gasteiger partial charge on any atom is 2.00 e. The van der Waals surface area contributed by atoms with E-state index in [-0.39, 0.29) is 19.5 Å². The first-order chi connectivity index (χ1) is 12.4. The summed E-state index contributed by atoms with van der Waals surface area (Å²) >= 11 is 0. The summed E-state index contributed by atoms with van der Waals surface area (Å²) in [5.74, 6) is 0. The number of sulfonamides is 4. The van der Waals surface area contributed by atoms with Crippen molar-refractivity contribution >= 4 is 40.1 Å². The van der Waals surface area contributed by atoms with Gasteiger partial charge in [-0.15, -0.1) is 0 Å². The van der Waals surface area contributed by atoms with E-state index in [1.807, 2.05) is 0 Å². The van der Waals surface area contributed by atoms with Gasteiger partial charge in [0, 0.05) is 0 Å². The molecule has 0 aromatic heterocycles. The average molecular weight is 626 g/mol. The number of rotatable bonds is 4. The van der Waals surface area contributed by atoms with Crippen LogP contribution in [0.3, 0.4) is 0 Å². The normalized spacial score (nSPS) is 14.8. The number of halogens is 12. The van der Waals surface area contributed by atoms with Crippen molar-refractivity contribution in [2.75, 3.05) is 0 Å². The van der Waals surface area contributed by atoms with Crippen LogP contribution in [-0.4, -0.2) is 55.7 Å². The molecular formula is C4F12N2O8S4Zn. The van der Waals surface area contributed by atoms with Gasteiger partial charge in [0.15, 0.2) is 40.1 Å². The van der Waals surface area contributed by atoms with Gasteiger partial charge in [-0.3, -0.25) is 0 Å². The van der Waals surface area contributed by atoms with Crippen molar-refractivity contribution in [2.45, 2.75) is 22.0 Å². The Labute approximate surface area is 176 Å². The Hall–Kier alpha value is -0.497. The van der Waals surface area contributed by atoms with Crippen LogP contribution in [0.2, 0.25) is 0 Å².